The molecule has 0 spiro atoms. The molecule has 0 atom stereocenters. The predicted octanol–water partition coefficient (Wildman–Crippen LogP) is 2.40. The van der Waals surface area contributed by atoms with Gasteiger partial charge in [-0.3, -0.25) is 0 Å². The van der Waals surface area contributed by atoms with Gasteiger partial charge < -0.3 is 9.84 Å². The second-order valence-electron chi connectivity index (χ2n) is 2.82. The molecule has 0 aromatic carbocycles. The summed E-state index contributed by atoms with van der Waals surface area (Å²) in [5.74, 6) is -14.7. The molecule has 17 heavy (non-hydrogen) atoms. The molecule has 0 aliphatic rings. The molecular weight excluding hydrogens is 263 g/mol. The Morgan fingerprint density at radius 3 is 1.94 bits per heavy atom. The van der Waals surface area contributed by atoms with E-state index in [0.717, 1.165) is 7.05 Å². The largest absolute Gasteiger partial charge is 0.460 e. The van der Waals surface area contributed by atoms with Crippen molar-refractivity contribution in [1.29, 1.82) is 0 Å². The van der Waals surface area contributed by atoms with Crippen molar-refractivity contribution in [1.82, 2.24) is 10.1 Å². The van der Waals surface area contributed by atoms with Crippen LogP contribution in [0.3, 0.4) is 0 Å². The molecule has 0 saturated heterocycles. The minimum absolute atomic E-state index is 0.641. The summed E-state index contributed by atoms with van der Waals surface area (Å²) in [6, 6.07) is 0. The molecule has 0 aliphatic carbocycles. The third-order valence-corrected chi connectivity index (χ3v) is 1.67. The summed E-state index contributed by atoms with van der Waals surface area (Å²) in [6.45, 7) is 0. The molecule has 1 heterocycles. The first-order valence-corrected chi connectivity index (χ1v) is 3.88. The summed E-state index contributed by atoms with van der Waals surface area (Å²) in [6.07, 6.45) is -6.44. The lowest BCUT2D eigenvalue weighted by molar-refractivity contribution is -0.364. The van der Waals surface area contributed by atoms with Crippen LogP contribution >= 0.6 is 0 Å². The molecule has 1 rings (SSSR count). The maximum Gasteiger partial charge on any atom is 0.460 e. The fraction of sp³-hybridized carbons (Fsp3) is 0.667. The molecule has 0 bridgehead atoms. The van der Waals surface area contributed by atoms with Crippen molar-refractivity contribution in [3.8, 4) is 0 Å². The van der Waals surface area contributed by atoms with Gasteiger partial charge in [-0.1, -0.05) is 0 Å². The van der Waals surface area contributed by atoms with Crippen molar-refractivity contribution in [2.24, 2.45) is 0 Å². The van der Waals surface area contributed by atoms with Crippen LogP contribution in [0.4, 0.5) is 36.7 Å². The van der Waals surface area contributed by atoms with Gasteiger partial charge >= 0.3 is 23.9 Å². The minimum Gasteiger partial charge on any atom is -0.355 e. The van der Waals surface area contributed by atoms with Gasteiger partial charge in [-0.05, 0) is 5.16 Å². The zero-order chi connectivity index (χ0) is 13.5. The van der Waals surface area contributed by atoms with E-state index in [1.807, 2.05) is 5.32 Å². The Hall–Kier alpha value is -1.55. The van der Waals surface area contributed by atoms with Gasteiger partial charge in [0.15, 0.2) is 0 Å². The first kappa shape index (κ1) is 13.5. The highest BCUT2D eigenvalue weighted by molar-refractivity contribution is 5.21. The number of hydrogen-bond donors (Lipinski definition) is 1. The van der Waals surface area contributed by atoms with Crippen molar-refractivity contribution in [2.75, 3.05) is 12.4 Å². The highest BCUT2D eigenvalue weighted by Gasteiger charge is 2.76. The Morgan fingerprint density at radius 1 is 1.06 bits per heavy atom. The van der Waals surface area contributed by atoms with Gasteiger partial charge in [0, 0.05) is 7.05 Å². The van der Waals surface area contributed by atoms with Crippen molar-refractivity contribution in [3.05, 3.63) is 5.89 Å². The van der Waals surface area contributed by atoms with Gasteiger partial charge in [-0.25, -0.2) is 0 Å². The van der Waals surface area contributed by atoms with E-state index < -0.39 is 29.9 Å². The van der Waals surface area contributed by atoms with Crippen LogP contribution in [0.15, 0.2) is 4.52 Å². The molecule has 0 saturated carbocycles. The van der Waals surface area contributed by atoms with Gasteiger partial charge in [-0.15, -0.1) is 0 Å². The molecule has 11 heteroatoms. The molecule has 0 radical (unpaired) electrons. The Labute approximate surface area is 88.8 Å². The number of halogens is 7. The summed E-state index contributed by atoms with van der Waals surface area (Å²) in [5.41, 5.74) is 0. The van der Waals surface area contributed by atoms with Crippen LogP contribution in [0.1, 0.15) is 5.89 Å². The number of nitrogens with one attached hydrogen (secondary N) is 1. The van der Waals surface area contributed by atoms with Crippen LogP contribution < -0.4 is 5.32 Å². The third kappa shape index (κ3) is 2.00. The maximum atomic E-state index is 12.9. The highest BCUT2D eigenvalue weighted by atomic mass is 19.4. The van der Waals surface area contributed by atoms with Crippen LogP contribution in [0.5, 0.6) is 0 Å². The Kier molecular flexibility index (Phi) is 2.97. The summed E-state index contributed by atoms with van der Waals surface area (Å²) in [7, 11) is 1.13. The van der Waals surface area contributed by atoms with E-state index in [9.17, 15) is 30.7 Å². The van der Waals surface area contributed by atoms with Crippen molar-refractivity contribution >= 4 is 5.95 Å². The van der Waals surface area contributed by atoms with Crippen LogP contribution in [-0.2, 0) is 5.92 Å². The van der Waals surface area contributed by atoms with Gasteiger partial charge in [0.1, 0.15) is 0 Å². The second-order valence-corrected chi connectivity index (χ2v) is 2.82. The number of alkyl halides is 7. The monoisotopic (exact) mass is 267 g/mol. The molecule has 0 unspecified atom stereocenters. The maximum absolute atomic E-state index is 12.9. The highest BCUT2D eigenvalue weighted by Crippen LogP contribution is 2.51. The number of aromatic nitrogens is 2. The Balaban J connectivity index is 3.18. The van der Waals surface area contributed by atoms with Crippen molar-refractivity contribution < 1.29 is 35.3 Å². The summed E-state index contributed by atoms with van der Waals surface area (Å²) < 4.78 is 89.7. The third-order valence-electron chi connectivity index (χ3n) is 1.67. The van der Waals surface area contributed by atoms with Gasteiger partial charge in [0.05, 0.1) is 0 Å². The molecule has 0 aliphatic heterocycles. The molecule has 1 aromatic heterocycles. The standard InChI is InChI=1S/C6H4F7N3O/c1-14-3-15-2(17-16-3)4(7,8)5(9,10)6(11,12)13/h1H3,(H,14,16). The van der Waals surface area contributed by atoms with Crippen molar-refractivity contribution in [3.63, 3.8) is 0 Å². The Bertz CT molecular complexity index is 399. The lowest BCUT2D eigenvalue weighted by Crippen LogP contribution is -2.50. The molecule has 4 nitrogen and oxygen atoms in total. The SMILES string of the molecule is CNc1noc(C(F)(F)C(F)(F)C(F)(F)F)n1. The number of anilines is 1. The van der Waals surface area contributed by atoms with Crippen LogP contribution in [-0.4, -0.2) is 29.3 Å². The van der Waals surface area contributed by atoms with Gasteiger partial charge in [-0.2, -0.15) is 35.7 Å². The van der Waals surface area contributed by atoms with E-state index in [1.165, 1.54) is 0 Å². The minimum atomic E-state index is -6.44. The van der Waals surface area contributed by atoms with E-state index in [-0.39, 0.29) is 0 Å². The number of nitrogens with zero attached hydrogens (tertiary/aromatic N) is 2. The zero-order valence-electron chi connectivity index (χ0n) is 7.95. The molecule has 0 fully saturated rings. The van der Waals surface area contributed by atoms with E-state index in [0.29, 0.717) is 0 Å². The average molecular weight is 267 g/mol. The molecule has 1 aromatic rings. The average Bonchev–Trinajstić information content (AvgIpc) is 2.64. The molecule has 1 N–H and O–H groups in total. The summed E-state index contributed by atoms with van der Waals surface area (Å²) >= 11 is 0. The smallest absolute Gasteiger partial charge is 0.355 e. The first-order chi connectivity index (χ1) is 7.54. The quantitative estimate of drug-likeness (QED) is 0.854. The van der Waals surface area contributed by atoms with E-state index in [2.05, 4.69) is 14.7 Å². The Morgan fingerprint density at radius 2 is 1.59 bits per heavy atom. The fourth-order valence-corrected chi connectivity index (χ4v) is 0.765. The lowest BCUT2D eigenvalue weighted by Gasteiger charge is -2.25. The normalized spacial score (nSPS) is 13.9. The van der Waals surface area contributed by atoms with Gasteiger partial charge in [0.25, 0.3) is 5.95 Å². The molecule has 0 amide bonds. The van der Waals surface area contributed by atoms with E-state index in [4.69, 9.17) is 0 Å². The summed E-state index contributed by atoms with van der Waals surface area (Å²) in [5, 5.41) is 4.75. The topological polar surface area (TPSA) is 51.0 Å². The summed E-state index contributed by atoms with van der Waals surface area (Å²) in [4.78, 5) is 2.66. The second kappa shape index (κ2) is 3.74. The first-order valence-electron chi connectivity index (χ1n) is 3.88. The fourth-order valence-electron chi connectivity index (χ4n) is 0.765. The zero-order valence-corrected chi connectivity index (χ0v) is 7.95. The van der Waals surface area contributed by atoms with E-state index in [1.54, 1.807) is 0 Å². The predicted molar refractivity (Wildman–Crippen MR) is 38.7 cm³/mol. The lowest BCUT2D eigenvalue weighted by atomic mass is 10.1. The van der Waals surface area contributed by atoms with Crippen LogP contribution in [0.25, 0.3) is 0 Å². The van der Waals surface area contributed by atoms with Crippen LogP contribution in [0, 0.1) is 0 Å². The number of rotatable bonds is 3. The molecular formula is C6H4F7N3O. The van der Waals surface area contributed by atoms with E-state index >= 15 is 0 Å². The van der Waals surface area contributed by atoms with Gasteiger partial charge in [0.2, 0.25) is 0 Å². The van der Waals surface area contributed by atoms with Crippen molar-refractivity contribution in [2.45, 2.75) is 18.0 Å². The van der Waals surface area contributed by atoms with Crippen LogP contribution in [0.2, 0.25) is 0 Å². The number of hydrogen-bond acceptors (Lipinski definition) is 4. The molecule has 98 valence electrons.